The molecule has 0 aromatic heterocycles. The molecule has 0 bridgehead atoms. The van der Waals surface area contributed by atoms with Crippen molar-refractivity contribution in [3.63, 3.8) is 0 Å². The Morgan fingerprint density at radius 1 is 0.562 bits per heavy atom. The Balaban J connectivity index is 3.88. The van der Waals surface area contributed by atoms with Crippen molar-refractivity contribution in [1.82, 2.24) is 0 Å². The molecule has 0 rings (SSSR count). The highest BCUT2D eigenvalue weighted by atomic mass is 14.2. The first-order valence-electron chi connectivity index (χ1n) is 7.79. The van der Waals surface area contributed by atoms with Crippen LogP contribution < -0.4 is 0 Å². The third-order valence-corrected chi connectivity index (χ3v) is 4.07. The summed E-state index contributed by atoms with van der Waals surface area (Å²) in [7, 11) is 0. The highest BCUT2D eigenvalue weighted by Gasteiger charge is 2.17. The fourth-order valence-electron chi connectivity index (χ4n) is 2.87. The molecule has 16 heavy (non-hydrogen) atoms. The molecule has 98 valence electrons. The first-order chi connectivity index (χ1) is 7.79. The van der Waals surface area contributed by atoms with Gasteiger partial charge >= 0.3 is 0 Å². The van der Waals surface area contributed by atoms with Gasteiger partial charge in [-0.1, -0.05) is 91.9 Å². The Morgan fingerprint density at radius 3 is 1.62 bits per heavy atom. The fraction of sp³-hybridized carbons (Fsp3) is 1.00. The van der Waals surface area contributed by atoms with Gasteiger partial charge in [0.1, 0.15) is 0 Å². The maximum absolute atomic E-state index is 2.37. The summed E-state index contributed by atoms with van der Waals surface area (Å²) in [5.74, 6) is 2.01. The molecule has 1 atom stereocenters. The van der Waals surface area contributed by atoms with Crippen LogP contribution in [0.5, 0.6) is 0 Å². The second-order valence-corrected chi connectivity index (χ2v) is 5.33. The van der Waals surface area contributed by atoms with E-state index in [1.807, 2.05) is 0 Å². The second-order valence-electron chi connectivity index (χ2n) is 5.33. The van der Waals surface area contributed by atoms with E-state index in [1.54, 1.807) is 0 Å². The summed E-state index contributed by atoms with van der Waals surface area (Å²) in [6.07, 6.45) is 14.3. The molecule has 1 unspecified atom stereocenters. The standard InChI is InChI=1S/C16H34/c1-5-9-11-12-14-16(13-10-6-2)15(7-3)8-4/h15-16H,5-14H2,1-4H3. The zero-order chi connectivity index (χ0) is 12.2. The summed E-state index contributed by atoms with van der Waals surface area (Å²) in [6.45, 7) is 9.37. The van der Waals surface area contributed by atoms with Gasteiger partial charge in [-0.3, -0.25) is 0 Å². The van der Waals surface area contributed by atoms with Crippen molar-refractivity contribution in [3.05, 3.63) is 0 Å². The van der Waals surface area contributed by atoms with Crippen LogP contribution >= 0.6 is 0 Å². The number of hydrogen-bond donors (Lipinski definition) is 0. The summed E-state index contributed by atoms with van der Waals surface area (Å²) in [5.41, 5.74) is 0. The van der Waals surface area contributed by atoms with Crippen molar-refractivity contribution >= 4 is 0 Å². The van der Waals surface area contributed by atoms with Gasteiger partial charge in [0, 0.05) is 0 Å². The molecule has 0 aliphatic carbocycles. The van der Waals surface area contributed by atoms with Crippen LogP contribution in [0.25, 0.3) is 0 Å². The summed E-state index contributed by atoms with van der Waals surface area (Å²) >= 11 is 0. The van der Waals surface area contributed by atoms with E-state index < -0.39 is 0 Å². The smallest absolute Gasteiger partial charge is 0.0386 e. The average molecular weight is 226 g/mol. The Kier molecular flexibility index (Phi) is 11.5. The van der Waals surface area contributed by atoms with Gasteiger partial charge in [0.2, 0.25) is 0 Å². The van der Waals surface area contributed by atoms with Gasteiger partial charge in [0.25, 0.3) is 0 Å². The lowest BCUT2D eigenvalue weighted by molar-refractivity contribution is 0.264. The van der Waals surface area contributed by atoms with Crippen molar-refractivity contribution in [2.24, 2.45) is 11.8 Å². The molecule has 0 aromatic rings. The molecule has 0 radical (unpaired) electrons. The van der Waals surface area contributed by atoms with Crippen LogP contribution in [-0.2, 0) is 0 Å². The van der Waals surface area contributed by atoms with Crippen LogP contribution in [-0.4, -0.2) is 0 Å². The van der Waals surface area contributed by atoms with Crippen LogP contribution in [0.3, 0.4) is 0 Å². The van der Waals surface area contributed by atoms with Gasteiger partial charge in [-0.25, -0.2) is 0 Å². The van der Waals surface area contributed by atoms with E-state index in [0.717, 1.165) is 11.8 Å². The minimum absolute atomic E-state index is 0.994. The lowest BCUT2D eigenvalue weighted by Gasteiger charge is -2.25. The average Bonchev–Trinajstić information content (AvgIpc) is 2.31. The summed E-state index contributed by atoms with van der Waals surface area (Å²) in [5, 5.41) is 0. The SMILES string of the molecule is CCCCCCC(CCCC)C(CC)CC. The van der Waals surface area contributed by atoms with E-state index in [0.29, 0.717) is 0 Å². The van der Waals surface area contributed by atoms with Crippen molar-refractivity contribution in [3.8, 4) is 0 Å². The zero-order valence-corrected chi connectivity index (χ0v) is 12.2. The van der Waals surface area contributed by atoms with Gasteiger partial charge < -0.3 is 0 Å². The van der Waals surface area contributed by atoms with Crippen molar-refractivity contribution in [1.29, 1.82) is 0 Å². The lowest BCUT2D eigenvalue weighted by atomic mass is 9.81. The fourth-order valence-corrected chi connectivity index (χ4v) is 2.87. The molecule has 0 spiro atoms. The molecular weight excluding hydrogens is 192 g/mol. The highest BCUT2D eigenvalue weighted by Crippen LogP contribution is 2.29. The number of rotatable bonds is 11. The molecule has 0 saturated heterocycles. The number of hydrogen-bond acceptors (Lipinski definition) is 0. The third kappa shape index (κ3) is 7.30. The molecule has 0 heteroatoms. The molecule has 0 amide bonds. The lowest BCUT2D eigenvalue weighted by Crippen LogP contribution is -2.13. The van der Waals surface area contributed by atoms with Gasteiger partial charge in [-0.05, 0) is 11.8 Å². The molecular formula is C16H34. The monoisotopic (exact) mass is 226 g/mol. The van der Waals surface area contributed by atoms with Crippen molar-refractivity contribution in [2.45, 2.75) is 91.9 Å². The Labute approximate surface area is 104 Å². The van der Waals surface area contributed by atoms with E-state index in [-0.39, 0.29) is 0 Å². The summed E-state index contributed by atoms with van der Waals surface area (Å²) in [4.78, 5) is 0. The molecule has 0 N–H and O–H groups in total. The van der Waals surface area contributed by atoms with E-state index in [1.165, 1.54) is 64.2 Å². The zero-order valence-electron chi connectivity index (χ0n) is 12.2. The Hall–Kier alpha value is 0. The molecule has 0 aliphatic rings. The summed E-state index contributed by atoms with van der Waals surface area (Å²) in [6, 6.07) is 0. The predicted octanol–water partition coefficient (Wildman–Crippen LogP) is 6.20. The first-order valence-corrected chi connectivity index (χ1v) is 7.79. The minimum atomic E-state index is 0.994. The first kappa shape index (κ1) is 16.0. The van der Waals surface area contributed by atoms with Crippen LogP contribution in [0.15, 0.2) is 0 Å². The van der Waals surface area contributed by atoms with Crippen LogP contribution in [0, 0.1) is 11.8 Å². The predicted molar refractivity (Wildman–Crippen MR) is 75.8 cm³/mol. The van der Waals surface area contributed by atoms with Crippen LogP contribution in [0.4, 0.5) is 0 Å². The largest absolute Gasteiger partial charge is 0.0654 e. The normalized spacial score (nSPS) is 13.3. The molecule has 0 heterocycles. The second kappa shape index (κ2) is 11.5. The quantitative estimate of drug-likeness (QED) is 0.368. The van der Waals surface area contributed by atoms with E-state index >= 15 is 0 Å². The molecule has 0 fully saturated rings. The highest BCUT2D eigenvalue weighted by molar-refractivity contribution is 4.68. The maximum Gasteiger partial charge on any atom is -0.0386 e. The van der Waals surface area contributed by atoms with Gasteiger partial charge in [-0.15, -0.1) is 0 Å². The summed E-state index contributed by atoms with van der Waals surface area (Å²) < 4.78 is 0. The van der Waals surface area contributed by atoms with E-state index in [2.05, 4.69) is 27.7 Å². The van der Waals surface area contributed by atoms with Gasteiger partial charge in [-0.2, -0.15) is 0 Å². The van der Waals surface area contributed by atoms with Crippen molar-refractivity contribution in [2.75, 3.05) is 0 Å². The van der Waals surface area contributed by atoms with Crippen LogP contribution in [0.2, 0.25) is 0 Å². The molecule has 0 aromatic carbocycles. The Bertz CT molecular complexity index is 124. The van der Waals surface area contributed by atoms with Crippen LogP contribution in [0.1, 0.15) is 91.9 Å². The number of unbranched alkanes of at least 4 members (excludes halogenated alkanes) is 4. The molecule has 0 saturated carbocycles. The topological polar surface area (TPSA) is 0 Å². The molecule has 0 aliphatic heterocycles. The van der Waals surface area contributed by atoms with Gasteiger partial charge in [0.15, 0.2) is 0 Å². The third-order valence-electron chi connectivity index (χ3n) is 4.07. The molecule has 0 nitrogen and oxygen atoms in total. The van der Waals surface area contributed by atoms with E-state index in [4.69, 9.17) is 0 Å². The van der Waals surface area contributed by atoms with Gasteiger partial charge in [0.05, 0.1) is 0 Å². The van der Waals surface area contributed by atoms with Crippen molar-refractivity contribution < 1.29 is 0 Å². The minimum Gasteiger partial charge on any atom is -0.0654 e. The Morgan fingerprint density at radius 2 is 1.12 bits per heavy atom. The maximum atomic E-state index is 2.37. The van der Waals surface area contributed by atoms with E-state index in [9.17, 15) is 0 Å².